The molecule has 0 N–H and O–H groups in total. The lowest BCUT2D eigenvalue weighted by Gasteiger charge is -2.06. The van der Waals surface area contributed by atoms with Crippen LogP contribution in [0, 0.1) is 11.3 Å². The molecule has 0 spiro atoms. The highest BCUT2D eigenvalue weighted by Gasteiger charge is 2.04. The number of ether oxygens (including phenoxy) is 1. The SMILES string of the molecule is CCCOc1cccc(C#N)c1Br. The lowest BCUT2D eigenvalue weighted by atomic mass is 10.2. The third-order valence-corrected chi connectivity index (χ3v) is 2.36. The van der Waals surface area contributed by atoms with Gasteiger partial charge in [-0.05, 0) is 34.5 Å². The van der Waals surface area contributed by atoms with Crippen molar-refractivity contribution in [1.29, 1.82) is 5.26 Å². The Labute approximate surface area is 86.3 Å². The van der Waals surface area contributed by atoms with E-state index in [4.69, 9.17) is 10.00 Å². The van der Waals surface area contributed by atoms with E-state index in [-0.39, 0.29) is 0 Å². The Morgan fingerprint density at radius 2 is 2.31 bits per heavy atom. The van der Waals surface area contributed by atoms with Crippen molar-refractivity contribution in [2.45, 2.75) is 13.3 Å². The fraction of sp³-hybridized carbons (Fsp3) is 0.300. The highest BCUT2D eigenvalue weighted by atomic mass is 79.9. The quantitative estimate of drug-likeness (QED) is 0.813. The van der Waals surface area contributed by atoms with Crippen LogP contribution in [0.15, 0.2) is 22.7 Å². The molecule has 0 atom stereocenters. The van der Waals surface area contributed by atoms with Gasteiger partial charge >= 0.3 is 0 Å². The summed E-state index contributed by atoms with van der Waals surface area (Å²) >= 11 is 3.32. The van der Waals surface area contributed by atoms with E-state index in [0.29, 0.717) is 12.2 Å². The van der Waals surface area contributed by atoms with Gasteiger partial charge in [0.2, 0.25) is 0 Å². The van der Waals surface area contributed by atoms with E-state index in [1.54, 1.807) is 6.07 Å². The summed E-state index contributed by atoms with van der Waals surface area (Å²) < 4.78 is 6.17. The number of halogens is 1. The van der Waals surface area contributed by atoms with Crippen LogP contribution in [0.2, 0.25) is 0 Å². The first-order valence-corrected chi connectivity index (χ1v) is 4.90. The predicted octanol–water partition coefficient (Wildman–Crippen LogP) is 3.11. The zero-order chi connectivity index (χ0) is 9.68. The molecule has 0 aliphatic rings. The molecular weight excluding hydrogens is 230 g/mol. The summed E-state index contributed by atoms with van der Waals surface area (Å²) in [6.45, 7) is 2.72. The average Bonchev–Trinajstić information content (AvgIpc) is 2.16. The minimum absolute atomic E-state index is 0.605. The van der Waals surface area contributed by atoms with Gasteiger partial charge in [-0.25, -0.2) is 0 Å². The number of hydrogen-bond acceptors (Lipinski definition) is 2. The molecule has 0 amide bonds. The largest absolute Gasteiger partial charge is 0.492 e. The molecule has 1 rings (SSSR count). The summed E-state index contributed by atoms with van der Waals surface area (Å²) in [6, 6.07) is 7.50. The molecule has 0 saturated heterocycles. The van der Waals surface area contributed by atoms with Gasteiger partial charge in [0.25, 0.3) is 0 Å². The Morgan fingerprint density at radius 1 is 1.54 bits per heavy atom. The van der Waals surface area contributed by atoms with E-state index in [9.17, 15) is 0 Å². The van der Waals surface area contributed by atoms with Crippen LogP contribution in [0.1, 0.15) is 18.9 Å². The van der Waals surface area contributed by atoms with Gasteiger partial charge in [0.05, 0.1) is 16.6 Å². The van der Waals surface area contributed by atoms with Crippen LogP contribution in [0.3, 0.4) is 0 Å². The van der Waals surface area contributed by atoms with Crippen molar-refractivity contribution < 1.29 is 4.74 Å². The maximum absolute atomic E-state index is 8.73. The topological polar surface area (TPSA) is 33.0 Å². The average molecular weight is 240 g/mol. The van der Waals surface area contributed by atoms with E-state index in [1.165, 1.54) is 0 Å². The van der Waals surface area contributed by atoms with E-state index >= 15 is 0 Å². The predicted molar refractivity (Wildman–Crippen MR) is 54.6 cm³/mol. The number of nitrogens with zero attached hydrogens (tertiary/aromatic N) is 1. The van der Waals surface area contributed by atoms with Gasteiger partial charge in [0.15, 0.2) is 0 Å². The summed E-state index contributed by atoms with van der Waals surface area (Å²) in [4.78, 5) is 0. The monoisotopic (exact) mass is 239 g/mol. The second-order valence-corrected chi connectivity index (χ2v) is 3.37. The number of rotatable bonds is 3. The van der Waals surface area contributed by atoms with E-state index in [2.05, 4.69) is 22.0 Å². The molecule has 0 bridgehead atoms. The molecule has 13 heavy (non-hydrogen) atoms. The zero-order valence-electron chi connectivity index (χ0n) is 7.38. The smallest absolute Gasteiger partial charge is 0.134 e. The second kappa shape index (κ2) is 4.88. The molecule has 0 aromatic heterocycles. The van der Waals surface area contributed by atoms with E-state index in [1.807, 2.05) is 19.1 Å². The van der Waals surface area contributed by atoms with Gasteiger partial charge < -0.3 is 4.74 Å². The normalized spacial score (nSPS) is 9.31. The molecule has 0 radical (unpaired) electrons. The van der Waals surface area contributed by atoms with Crippen LogP contribution >= 0.6 is 15.9 Å². The first-order valence-electron chi connectivity index (χ1n) is 4.11. The summed E-state index contributed by atoms with van der Waals surface area (Å²) in [7, 11) is 0. The number of nitriles is 1. The minimum atomic E-state index is 0.605. The van der Waals surface area contributed by atoms with Crippen LogP contribution in [-0.2, 0) is 0 Å². The molecule has 2 nitrogen and oxygen atoms in total. The molecule has 0 unspecified atom stereocenters. The molecule has 0 aliphatic carbocycles. The van der Waals surface area contributed by atoms with Crippen molar-refractivity contribution in [2.24, 2.45) is 0 Å². The van der Waals surface area contributed by atoms with Crippen LogP contribution < -0.4 is 4.74 Å². The standard InChI is InChI=1S/C10H10BrNO/c1-2-6-13-9-5-3-4-8(7-12)10(9)11/h3-5H,2,6H2,1H3. The second-order valence-electron chi connectivity index (χ2n) is 2.58. The Kier molecular flexibility index (Phi) is 3.78. The molecule has 0 heterocycles. The van der Waals surface area contributed by atoms with Gasteiger partial charge in [0.1, 0.15) is 11.8 Å². The van der Waals surface area contributed by atoms with Crippen LogP contribution in [0.4, 0.5) is 0 Å². The molecule has 1 aromatic rings. The third kappa shape index (κ3) is 2.46. The molecule has 68 valence electrons. The van der Waals surface area contributed by atoms with Crippen molar-refractivity contribution in [3.63, 3.8) is 0 Å². The first kappa shape index (κ1) is 10.1. The molecule has 0 aliphatic heterocycles. The highest BCUT2D eigenvalue weighted by Crippen LogP contribution is 2.27. The maximum Gasteiger partial charge on any atom is 0.134 e. The molecule has 0 fully saturated rings. The number of hydrogen-bond donors (Lipinski definition) is 0. The van der Waals surface area contributed by atoms with Crippen LogP contribution in [-0.4, -0.2) is 6.61 Å². The van der Waals surface area contributed by atoms with Crippen molar-refractivity contribution in [3.05, 3.63) is 28.2 Å². The van der Waals surface area contributed by atoms with Gasteiger partial charge in [-0.15, -0.1) is 0 Å². The summed E-state index contributed by atoms with van der Waals surface area (Å²) in [5.41, 5.74) is 0.605. The van der Waals surface area contributed by atoms with Crippen molar-refractivity contribution >= 4 is 15.9 Å². The Hall–Kier alpha value is -1.01. The van der Waals surface area contributed by atoms with Gasteiger partial charge in [-0.2, -0.15) is 5.26 Å². The first-order chi connectivity index (χ1) is 6.29. The molecule has 3 heteroatoms. The summed E-state index contributed by atoms with van der Waals surface area (Å²) in [5.74, 6) is 0.737. The Balaban J connectivity index is 2.90. The lowest BCUT2D eigenvalue weighted by molar-refractivity contribution is 0.315. The molecular formula is C10H10BrNO. The minimum Gasteiger partial charge on any atom is -0.492 e. The van der Waals surface area contributed by atoms with E-state index < -0.39 is 0 Å². The lowest BCUT2D eigenvalue weighted by Crippen LogP contribution is -1.96. The van der Waals surface area contributed by atoms with Crippen molar-refractivity contribution in [1.82, 2.24) is 0 Å². The van der Waals surface area contributed by atoms with E-state index in [0.717, 1.165) is 16.6 Å². The molecule has 0 saturated carbocycles. The molecule has 1 aromatic carbocycles. The fourth-order valence-electron chi connectivity index (χ4n) is 0.921. The summed E-state index contributed by atoms with van der Waals surface area (Å²) in [6.07, 6.45) is 0.962. The summed E-state index contributed by atoms with van der Waals surface area (Å²) in [5, 5.41) is 8.73. The van der Waals surface area contributed by atoms with Crippen molar-refractivity contribution in [2.75, 3.05) is 6.61 Å². The van der Waals surface area contributed by atoms with Gasteiger partial charge in [0, 0.05) is 0 Å². The van der Waals surface area contributed by atoms with Gasteiger partial charge in [-0.1, -0.05) is 13.0 Å². The number of benzene rings is 1. The maximum atomic E-state index is 8.73. The highest BCUT2D eigenvalue weighted by molar-refractivity contribution is 9.10. The van der Waals surface area contributed by atoms with Crippen molar-refractivity contribution in [3.8, 4) is 11.8 Å². The van der Waals surface area contributed by atoms with Crippen LogP contribution in [0.5, 0.6) is 5.75 Å². The fourth-order valence-corrected chi connectivity index (χ4v) is 1.39. The Morgan fingerprint density at radius 3 is 2.92 bits per heavy atom. The van der Waals surface area contributed by atoms with Gasteiger partial charge in [-0.3, -0.25) is 0 Å². The van der Waals surface area contributed by atoms with Crippen LogP contribution in [0.25, 0.3) is 0 Å². The Bertz CT molecular complexity index is 330. The third-order valence-electron chi connectivity index (χ3n) is 1.55. The zero-order valence-corrected chi connectivity index (χ0v) is 8.97.